The second kappa shape index (κ2) is 7.99. The van der Waals surface area contributed by atoms with Crippen molar-refractivity contribution in [2.75, 3.05) is 0 Å². The molecule has 0 radical (unpaired) electrons. The van der Waals surface area contributed by atoms with Crippen LogP contribution < -0.4 is 5.32 Å². The molecule has 0 aliphatic carbocycles. The highest BCUT2D eigenvalue weighted by Gasteiger charge is 2.20. The van der Waals surface area contributed by atoms with Gasteiger partial charge < -0.3 is 5.32 Å². The van der Waals surface area contributed by atoms with Gasteiger partial charge in [-0.2, -0.15) is 10.2 Å². The summed E-state index contributed by atoms with van der Waals surface area (Å²) in [4.78, 5) is 12.9. The van der Waals surface area contributed by atoms with E-state index >= 15 is 0 Å². The van der Waals surface area contributed by atoms with Gasteiger partial charge >= 0.3 is 0 Å². The Balaban J connectivity index is 1.80. The summed E-state index contributed by atoms with van der Waals surface area (Å²) in [5, 5.41) is 11.9. The van der Waals surface area contributed by atoms with Crippen LogP contribution in [0.5, 0.6) is 0 Å². The lowest BCUT2D eigenvalue weighted by Crippen LogP contribution is -2.32. The maximum Gasteiger partial charge on any atom is 0.270 e. The average molecular weight is 351 g/mol. The van der Waals surface area contributed by atoms with Gasteiger partial charge in [0.2, 0.25) is 0 Å². The lowest BCUT2D eigenvalue weighted by atomic mass is 10.1. The van der Waals surface area contributed by atoms with E-state index in [4.69, 9.17) is 0 Å². The highest BCUT2D eigenvalue weighted by atomic mass is 16.2. The molecule has 2 aromatic heterocycles. The van der Waals surface area contributed by atoms with Gasteiger partial charge in [-0.05, 0) is 30.0 Å². The zero-order chi connectivity index (χ0) is 18.5. The van der Waals surface area contributed by atoms with Crippen molar-refractivity contribution in [3.05, 3.63) is 71.8 Å². The predicted octanol–water partition coefficient (Wildman–Crippen LogP) is 2.99. The summed E-state index contributed by atoms with van der Waals surface area (Å²) in [7, 11) is 1.81. The minimum Gasteiger partial charge on any atom is -0.342 e. The fourth-order valence-corrected chi connectivity index (χ4v) is 3.00. The number of hydrogen-bond acceptors (Lipinski definition) is 3. The van der Waals surface area contributed by atoms with E-state index in [0.717, 1.165) is 17.7 Å². The molecule has 1 atom stereocenters. The molecule has 2 heterocycles. The molecule has 1 N–H and O–H groups in total. The van der Waals surface area contributed by atoms with Crippen molar-refractivity contribution in [1.29, 1.82) is 0 Å². The van der Waals surface area contributed by atoms with Crippen LogP contribution in [0, 0.1) is 5.92 Å². The molecule has 136 valence electrons. The molecule has 0 aliphatic heterocycles. The number of carbonyl (C=O) groups excluding carboxylic acids is 1. The van der Waals surface area contributed by atoms with Gasteiger partial charge in [-0.1, -0.05) is 44.2 Å². The molecular formula is C20H25N5O. The van der Waals surface area contributed by atoms with Gasteiger partial charge in [-0.25, -0.2) is 0 Å². The molecule has 6 heteroatoms. The number of amides is 1. The summed E-state index contributed by atoms with van der Waals surface area (Å²) >= 11 is 0. The van der Waals surface area contributed by atoms with E-state index in [1.165, 1.54) is 0 Å². The number of aromatic nitrogens is 4. The molecule has 0 aliphatic rings. The summed E-state index contributed by atoms with van der Waals surface area (Å²) in [6.45, 7) is 4.85. The molecule has 6 nitrogen and oxygen atoms in total. The van der Waals surface area contributed by atoms with Crippen LogP contribution in [0.1, 0.15) is 41.6 Å². The van der Waals surface area contributed by atoms with Crippen molar-refractivity contribution in [3.63, 3.8) is 0 Å². The zero-order valence-corrected chi connectivity index (χ0v) is 15.5. The summed E-state index contributed by atoms with van der Waals surface area (Å²) in [6.07, 6.45) is 4.49. The summed E-state index contributed by atoms with van der Waals surface area (Å²) in [5.41, 5.74) is 2.55. The lowest BCUT2D eigenvalue weighted by Gasteiger charge is -2.19. The molecule has 0 spiro atoms. The topological polar surface area (TPSA) is 64.7 Å². The van der Waals surface area contributed by atoms with Gasteiger partial charge in [0.05, 0.1) is 18.3 Å². The molecule has 0 bridgehead atoms. The number of hydrogen-bond donors (Lipinski definition) is 1. The first-order valence-corrected chi connectivity index (χ1v) is 8.89. The van der Waals surface area contributed by atoms with Crippen LogP contribution in [-0.4, -0.2) is 25.5 Å². The van der Waals surface area contributed by atoms with Crippen LogP contribution in [0.4, 0.5) is 0 Å². The minimum absolute atomic E-state index is 0.129. The van der Waals surface area contributed by atoms with Crippen molar-refractivity contribution in [1.82, 2.24) is 24.9 Å². The molecule has 0 saturated heterocycles. The van der Waals surface area contributed by atoms with Crippen LogP contribution >= 0.6 is 0 Å². The van der Waals surface area contributed by atoms with Gasteiger partial charge in [-0.3, -0.25) is 14.2 Å². The van der Waals surface area contributed by atoms with E-state index < -0.39 is 0 Å². The van der Waals surface area contributed by atoms with Crippen LogP contribution in [0.15, 0.2) is 54.9 Å². The normalized spacial score (nSPS) is 12.3. The third-order valence-corrected chi connectivity index (χ3v) is 4.22. The van der Waals surface area contributed by atoms with Crippen molar-refractivity contribution in [3.8, 4) is 0 Å². The highest BCUT2D eigenvalue weighted by Crippen LogP contribution is 2.16. The quantitative estimate of drug-likeness (QED) is 0.712. The van der Waals surface area contributed by atoms with E-state index in [1.807, 2.05) is 60.4 Å². The number of aryl methyl sites for hydroxylation is 1. The van der Waals surface area contributed by atoms with Crippen LogP contribution in [0.3, 0.4) is 0 Å². The van der Waals surface area contributed by atoms with E-state index in [-0.39, 0.29) is 11.9 Å². The second-order valence-electron chi connectivity index (χ2n) is 6.91. The number of benzene rings is 1. The van der Waals surface area contributed by atoms with E-state index in [2.05, 4.69) is 29.4 Å². The van der Waals surface area contributed by atoms with Gasteiger partial charge in [0.1, 0.15) is 5.69 Å². The van der Waals surface area contributed by atoms with Gasteiger partial charge in [0.15, 0.2) is 0 Å². The van der Waals surface area contributed by atoms with Gasteiger partial charge in [-0.15, -0.1) is 0 Å². The molecule has 1 aromatic carbocycles. The Labute approximate surface area is 153 Å². The summed E-state index contributed by atoms with van der Waals surface area (Å²) in [5.74, 6) is 0.369. The molecule has 1 unspecified atom stereocenters. The van der Waals surface area contributed by atoms with E-state index in [9.17, 15) is 4.79 Å². The Morgan fingerprint density at radius 2 is 1.96 bits per heavy atom. The SMILES string of the molecule is CC(C)Cc1cc(C(=O)NC(Cn2cccn2)c2ccccc2)n(C)n1. The molecule has 26 heavy (non-hydrogen) atoms. The first-order chi connectivity index (χ1) is 12.5. The second-order valence-corrected chi connectivity index (χ2v) is 6.91. The zero-order valence-electron chi connectivity index (χ0n) is 15.5. The molecule has 1 amide bonds. The Kier molecular flexibility index (Phi) is 5.51. The third-order valence-electron chi connectivity index (χ3n) is 4.22. The standard InChI is InChI=1S/C20H25N5O/c1-15(2)12-17-13-19(24(3)23-17)20(26)22-18(14-25-11-7-10-21-25)16-8-5-4-6-9-16/h4-11,13,15,18H,12,14H2,1-3H3,(H,22,26). The van der Waals surface area contributed by atoms with E-state index in [1.54, 1.807) is 10.9 Å². The Morgan fingerprint density at radius 1 is 1.19 bits per heavy atom. The first-order valence-electron chi connectivity index (χ1n) is 8.89. The molecule has 0 saturated carbocycles. The third kappa shape index (κ3) is 4.39. The molecule has 3 aromatic rings. The summed E-state index contributed by atoms with van der Waals surface area (Å²) in [6, 6.07) is 13.5. The van der Waals surface area contributed by atoms with Gasteiger partial charge in [0.25, 0.3) is 5.91 Å². The van der Waals surface area contributed by atoms with Gasteiger partial charge in [0, 0.05) is 19.4 Å². The van der Waals surface area contributed by atoms with Crippen molar-refractivity contribution < 1.29 is 4.79 Å². The fourth-order valence-electron chi connectivity index (χ4n) is 3.00. The monoisotopic (exact) mass is 351 g/mol. The lowest BCUT2D eigenvalue weighted by molar-refractivity contribution is 0.0922. The number of nitrogens with one attached hydrogen (secondary N) is 1. The molecule has 3 rings (SSSR count). The van der Waals surface area contributed by atoms with Crippen LogP contribution in [0.2, 0.25) is 0 Å². The maximum atomic E-state index is 12.9. The van der Waals surface area contributed by atoms with Crippen LogP contribution in [0.25, 0.3) is 0 Å². The number of nitrogens with zero attached hydrogens (tertiary/aromatic N) is 4. The molecule has 0 fully saturated rings. The first kappa shape index (κ1) is 17.9. The largest absolute Gasteiger partial charge is 0.342 e. The Hall–Kier alpha value is -2.89. The van der Waals surface area contributed by atoms with Crippen molar-refractivity contribution in [2.24, 2.45) is 13.0 Å². The van der Waals surface area contributed by atoms with Crippen molar-refractivity contribution in [2.45, 2.75) is 32.9 Å². The Morgan fingerprint density at radius 3 is 2.62 bits per heavy atom. The average Bonchev–Trinajstić information content (AvgIpc) is 3.24. The van der Waals surface area contributed by atoms with E-state index in [0.29, 0.717) is 18.2 Å². The number of rotatable bonds is 7. The summed E-state index contributed by atoms with van der Waals surface area (Å²) < 4.78 is 3.48. The van der Waals surface area contributed by atoms with Crippen molar-refractivity contribution >= 4 is 5.91 Å². The fraction of sp³-hybridized carbons (Fsp3) is 0.350. The minimum atomic E-state index is -0.174. The smallest absolute Gasteiger partial charge is 0.270 e. The molecular weight excluding hydrogens is 326 g/mol. The maximum absolute atomic E-state index is 12.9. The Bertz CT molecular complexity index is 836. The predicted molar refractivity (Wildman–Crippen MR) is 101 cm³/mol. The van der Waals surface area contributed by atoms with Crippen LogP contribution in [-0.2, 0) is 20.0 Å². The number of carbonyl (C=O) groups is 1. The highest BCUT2D eigenvalue weighted by molar-refractivity contribution is 5.92.